The van der Waals surface area contributed by atoms with E-state index in [1.807, 2.05) is 0 Å². The first kappa shape index (κ1) is 11.6. The van der Waals surface area contributed by atoms with E-state index < -0.39 is 0 Å². The summed E-state index contributed by atoms with van der Waals surface area (Å²) >= 11 is 0. The maximum atomic E-state index is 9.07. The van der Waals surface area contributed by atoms with Crippen LogP contribution in [0.25, 0.3) is 0 Å². The fourth-order valence-corrected chi connectivity index (χ4v) is 2.70. The molecule has 1 aromatic carbocycles. The highest BCUT2D eigenvalue weighted by Gasteiger charge is 2.28. The third-order valence-corrected chi connectivity index (χ3v) is 3.43. The van der Waals surface area contributed by atoms with E-state index in [0.29, 0.717) is 12.6 Å². The van der Waals surface area contributed by atoms with Crippen LogP contribution in [0.1, 0.15) is 25.3 Å². The Kier molecular flexibility index (Phi) is 3.97. The largest absolute Gasteiger partial charge is 0.396 e. The van der Waals surface area contributed by atoms with Gasteiger partial charge in [-0.2, -0.15) is 0 Å². The van der Waals surface area contributed by atoms with Crippen LogP contribution in [0.5, 0.6) is 0 Å². The number of hydrogen-bond acceptors (Lipinski definition) is 2. The number of rotatable bonds is 4. The molecule has 0 amide bonds. The molecule has 1 aliphatic heterocycles. The Morgan fingerprint density at radius 2 is 2.06 bits per heavy atom. The van der Waals surface area contributed by atoms with Crippen molar-refractivity contribution in [2.75, 3.05) is 13.2 Å². The Labute approximate surface area is 97.9 Å². The zero-order valence-electron chi connectivity index (χ0n) is 9.97. The smallest absolute Gasteiger partial charge is 0.0445 e. The lowest BCUT2D eigenvalue weighted by Crippen LogP contribution is -2.29. The molecule has 1 heterocycles. The van der Waals surface area contributed by atoms with E-state index in [4.69, 9.17) is 5.11 Å². The predicted molar refractivity (Wildman–Crippen MR) is 66.1 cm³/mol. The van der Waals surface area contributed by atoms with Crippen molar-refractivity contribution in [1.82, 2.24) is 4.90 Å². The van der Waals surface area contributed by atoms with Crippen LogP contribution in [0.4, 0.5) is 0 Å². The van der Waals surface area contributed by atoms with Gasteiger partial charge in [-0.1, -0.05) is 37.3 Å². The molecule has 2 atom stereocenters. The van der Waals surface area contributed by atoms with Gasteiger partial charge in [-0.3, -0.25) is 4.90 Å². The maximum Gasteiger partial charge on any atom is 0.0445 e. The molecule has 2 rings (SSSR count). The lowest BCUT2D eigenvalue weighted by molar-refractivity contribution is 0.189. The SMILES string of the molecule is CC1CC(CCO)N(Cc2ccccc2)C1. The van der Waals surface area contributed by atoms with Gasteiger partial charge >= 0.3 is 0 Å². The zero-order chi connectivity index (χ0) is 11.4. The summed E-state index contributed by atoms with van der Waals surface area (Å²) in [5.74, 6) is 0.764. The molecule has 1 N–H and O–H groups in total. The number of aliphatic hydroxyl groups is 1. The molecule has 1 fully saturated rings. The van der Waals surface area contributed by atoms with Gasteiger partial charge in [0.25, 0.3) is 0 Å². The third-order valence-electron chi connectivity index (χ3n) is 3.43. The molecular formula is C14H21NO. The Hall–Kier alpha value is -0.860. The van der Waals surface area contributed by atoms with Gasteiger partial charge in [-0.05, 0) is 24.3 Å². The molecule has 1 saturated heterocycles. The van der Waals surface area contributed by atoms with Crippen LogP contribution < -0.4 is 0 Å². The summed E-state index contributed by atoms with van der Waals surface area (Å²) in [7, 11) is 0. The minimum Gasteiger partial charge on any atom is -0.396 e. The monoisotopic (exact) mass is 219 g/mol. The Morgan fingerprint density at radius 1 is 1.31 bits per heavy atom. The van der Waals surface area contributed by atoms with Crippen molar-refractivity contribution in [3.8, 4) is 0 Å². The molecular weight excluding hydrogens is 198 g/mol. The van der Waals surface area contributed by atoms with Crippen LogP contribution in [0.15, 0.2) is 30.3 Å². The summed E-state index contributed by atoms with van der Waals surface area (Å²) in [4.78, 5) is 2.51. The van der Waals surface area contributed by atoms with Gasteiger partial charge in [0.05, 0.1) is 0 Å². The topological polar surface area (TPSA) is 23.5 Å². The molecule has 0 aromatic heterocycles. The number of benzene rings is 1. The van der Waals surface area contributed by atoms with Gasteiger partial charge in [0.15, 0.2) is 0 Å². The highest BCUT2D eigenvalue weighted by Crippen LogP contribution is 2.26. The molecule has 0 bridgehead atoms. The molecule has 0 saturated carbocycles. The second-order valence-electron chi connectivity index (χ2n) is 4.92. The Balaban J connectivity index is 1.97. The average molecular weight is 219 g/mol. The molecule has 0 aliphatic carbocycles. The van der Waals surface area contributed by atoms with Crippen molar-refractivity contribution in [3.63, 3.8) is 0 Å². The first-order valence-corrected chi connectivity index (χ1v) is 6.18. The molecule has 1 aliphatic rings. The molecule has 0 spiro atoms. The van der Waals surface area contributed by atoms with Crippen molar-refractivity contribution in [2.45, 2.75) is 32.4 Å². The van der Waals surface area contributed by atoms with Gasteiger partial charge in [-0.25, -0.2) is 0 Å². The van der Waals surface area contributed by atoms with E-state index in [1.54, 1.807) is 0 Å². The number of likely N-dealkylation sites (tertiary alicyclic amines) is 1. The average Bonchev–Trinajstić information content (AvgIpc) is 2.61. The summed E-state index contributed by atoms with van der Waals surface area (Å²) in [6.07, 6.45) is 2.14. The zero-order valence-corrected chi connectivity index (χ0v) is 9.97. The van der Waals surface area contributed by atoms with Gasteiger partial charge in [-0.15, -0.1) is 0 Å². The van der Waals surface area contributed by atoms with Gasteiger partial charge in [0, 0.05) is 25.7 Å². The van der Waals surface area contributed by atoms with Crippen molar-refractivity contribution < 1.29 is 5.11 Å². The summed E-state index contributed by atoms with van der Waals surface area (Å²) < 4.78 is 0. The Morgan fingerprint density at radius 3 is 2.75 bits per heavy atom. The first-order valence-electron chi connectivity index (χ1n) is 6.18. The first-order chi connectivity index (χ1) is 7.79. The number of aliphatic hydroxyl groups excluding tert-OH is 1. The second-order valence-corrected chi connectivity index (χ2v) is 4.92. The van der Waals surface area contributed by atoms with E-state index in [9.17, 15) is 0 Å². The second kappa shape index (κ2) is 5.46. The predicted octanol–water partition coefficient (Wildman–Crippen LogP) is 2.28. The minimum absolute atomic E-state index is 0.308. The van der Waals surface area contributed by atoms with E-state index in [2.05, 4.69) is 42.2 Å². The molecule has 16 heavy (non-hydrogen) atoms. The van der Waals surface area contributed by atoms with Crippen LogP contribution in [0.3, 0.4) is 0 Å². The highest BCUT2D eigenvalue weighted by molar-refractivity contribution is 5.14. The van der Waals surface area contributed by atoms with Gasteiger partial charge in [0.1, 0.15) is 0 Å². The minimum atomic E-state index is 0.308. The fourth-order valence-electron chi connectivity index (χ4n) is 2.70. The van der Waals surface area contributed by atoms with Crippen LogP contribution in [-0.2, 0) is 6.54 Å². The van der Waals surface area contributed by atoms with Crippen LogP contribution in [-0.4, -0.2) is 29.2 Å². The number of hydrogen-bond donors (Lipinski definition) is 1. The lowest BCUT2D eigenvalue weighted by Gasteiger charge is -2.23. The normalized spacial score (nSPS) is 26.1. The van der Waals surface area contributed by atoms with Crippen molar-refractivity contribution in [1.29, 1.82) is 0 Å². The van der Waals surface area contributed by atoms with E-state index in [-0.39, 0.29) is 0 Å². The summed E-state index contributed by atoms with van der Waals surface area (Å²) in [5.41, 5.74) is 1.37. The van der Waals surface area contributed by atoms with Crippen LogP contribution in [0.2, 0.25) is 0 Å². The fraction of sp³-hybridized carbons (Fsp3) is 0.571. The summed E-state index contributed by atoms with van der Waals surface area (Å²) in [6, 6.07) is 11.2. The maximum absolute atomic E-state index is 9.07. The molecule has 2 unspecified atom stereocenters. The van der Waals surface area contributed by atoms with Crippen LogP contribution in [0, 0.1) is 5.92 Å². The molecule has 1 aromatic rings. The van der Waals surface area contributed by atoms with Gasteiger partial charge < -0.3 is 5.11 Å². The van der Waals surface area contributed by atoms with Crippen LogP contribution >= 0.6 is 0 Å². The van der Waals surface area contributed by atoms with E-state index in [1.165, 1.54) is 18.5 Å². The van der Waals surface area contributed by atoms with Gasteiger partial charge in [0.2, 0.25) is 0 Å². The summed E-state index contributed by atoms with van der Waals surface area (Å²) in [6.45, 7) is 4.80. The lowest BCUT2D eigenvalue weighted by atomic mass is 10.1. The molecule has 2 nitrogen and oxygen atoms in total. The summed E-state index contributed by atoms with van der Waals surface area (Å²) in [5, 5.41) is 9.07. The van der Waals surface area contributed by atoms with E-state index in [0.717, 1.165) is 18.9 Å². The molecule has 0 radical (unpaired) electrons. The van der Waals surface area contributed by atoms with Crippen molar-refractivity contribution in [3.05, 3.63) is 35.9 Å². The standard InChI is InChI=1S/C14H21NO/c1-12-9-14(7-8-16)15(10-12)11-13-5-3-2-4-6-13/h2-6,12,14,16H,7-11H2,1H3. The van der Waals surface area contributed by atoms with E-state index >= 15 is 0 Å². The molecule has 2 heteroatoms. The highest BCUT2D eigenvalue weighted by atomic mass is 16.3. The quantitative estimate of drug-likeness (QED) is 0.839. The molecule has 88 valence electrons. The van der Waals surface area contributed by atoms with Crippen molar-refractivity contribution >= 4 is 0 Å². The van der Waals surface area contributed by atoms with Crippen molar-refractivity contribution in [2.24, 2.45) is 5.92 Å². The number of nitrogens with zero attached hydrogens (tertiary/aromatic N) is 1. The third kappa shape index (κ3) is 2.83. The Bertz CT molecular complexity index is 312.